The van der Waals surface area contributed by atoms with Crippen LogP contribution in [0.4, 0.5) is 0 Å². The highest BCUT2D eigenvalue weighted by Gasteiger charge is 2.19. The van der Waals surface area contributed by atoms with Crippen molar-refractivity contribution in [3.05, 3.63) is 72.9 Å². The molecule has 1 atom stereocenters. The highest BCUT2D eigenvalue weighted by Crippen LogP contribution is 2.18. The summed E-state index contributed by atoms with van der Waals surface area (Å²) in [4.78, 5) is 38.4. The third kappa shape index (κ3) is 65.5. The molecule has 0 aromatic carbocycles. The number of unbranched alkanes of at least 4 members (excludes halogenated alkanes) is 40. The molecule has 0 aliphatic heterocycles. The summed E-state index contributed by atoms with van der Waals surface area (Å²) in [5.74, 6) is -0.860. The predicted molar refractivity (Wildman–Crippen MR) is 344 cm³/mol. The Hall–Kier alpha value is -3.15. The third-order valence-electron chi connectivity index (χ3n) is 15.2. The Morgan fingerprint density at radius 2 is 0.494 bits per heavy atom. The molecule has 6 nitrogen and oxygen atoms in total. The van der Waals surface area contributed by atoms with E-state index < -0.39 is 6.10 Å². The fraction of sp³-hybridized carbons (Fsp3) is 0.795. The first-order valence-corrected chi connectivity index (χ1v) is 34.4. The molecule has 0 aliphatic rings. The van der Waals surface area contributed by atoms with E-state index in [4.69, 9.17) is 14.2 Å². The molecule has 0 heterocycles. The molecule has 458 valence electrons. The molecule has 6 heteroatoms. The van der Waals surface area contributed by atoms with Crippen molar-refractivity contribution >= 4 is 17.9 Å². The number of rotatable bonds is 63. The molecule has 0 aromatic rings. The van der Waals surface area contributed by atoms with Gasteiger partial charge in [-0.2, -0.15) is 0 Å². The number of hydrogen-bond acceptors (Lipinski definition) is 6. The zero-order valence-corrected chi connectivity index (χ0v) is 52.6. The van der Waals surface area contributed by atoms with Crippen LogP contribution in [-0.4, -0.2) is 37.2 Å². The fourth-order valence-electron chi connectivity index (χ4n) is 10.1. The fourth-order valence-corrected chi connectivity index (χ4v) is 10.1. The number of ether oxygens (including phenoxy) is 3. The van der Waals surface area contributed by atoms with E-state index in [1.807, 2.05) is 0 Å². The lowest BCUT2D eigenvalue weighted by Gasteiger charge is -2.18. The van der Waals surface area contributed by atoms with Crippen LogP contribution in [0.1, 0.15) is 355 Å². The van der Waals surface area contributed by atoms with Gasteiger partial charge >= 0.3 is 17.9 Å². The average molecular weight is 1100 g/mol. The van der Waals surface area contributed by atoms with E-state index in [0.717, 1.165) is 96.3 Å². The van der Waals surface area contributed by atoms with Gasteiger partial charge in [-0.25, -0.2) is 0 Å². The first-order chi connectivity index (χ1) is 39.0. The van der Waals surface area contributed by atoms with E-state index in [1.165, 1.54) is 218 Å². The molecule has 0 saturated heterocycles. The molecule has 0 saturated carbocycles. The Morgan fingerprint density at radius 3 is 0.797 bits per heavy atom. The average Bonchev–Trinajstić information content (AvgIpc) is 3.45. The van der Waals surface area contributed by atoms with Crippen molar-refractivity contribution in [1.82, 2.24) is 0 Å². The lowest BCUT2D eigenvalue weighted by atomic mass is 10.0. The Kier molecular flexibility index (Phi) is 64.7. The van der Waals surface area contributed by atoms with Gasteiger partial charge in [0.1, 0.15) is 13.2 Å². The van der Waals surface area contributed by atoms with E-state index in [2.05, 4.69) is 93.7 Å². The molecule has 0 fully saturated rings. The van der Waals surface area contributed by atoms with Gasteiger partial charge < -0.3 is 14.2 Å². The normalized spacial score (nSPS) is 12.5. The molecule has 0 amide bonds. The molecule has 79 heavy (non-hydrogen) atoms. The van der Waals surface area contributed by atoms with Gasteiger partial charge in [-0.1, -0.05) is 318 Å². The van der Waals surface area contributed by atoms with Crippen LogP contribution >= 0.6 is 0 Å². The molecule has 0 aromatic heterocycles. The van der Waals surface area contributed by atoms with Crippen molar-refractivity contribution in [2.24, 2.45) is 0 Å². The maximum Gasteiger partial charge on any atom is 0.306 e. The predicted octanol–water partition coefficient (Wildman–Crippen LogP) is 23.7. The van der Waals surface area contributed by atoms with Gasteiger partial charge in [0, 0.05) is 19.3 Å². The number of esters is 3. The van der Waals surface area contributed by atoms with Gasteiger partial charge in [-0.05, 0) is 89.9 Å². The lowest BCUT2D eigenvalue weighted by molar-refractivity contribution is -0.167. The number of allylic oxidation sites excluding steroid dienone is 12. The summed E-state index contributed by atoms with van der Waals surface area (Å²) in [5, 5.41) is 0. The maximum atomic E-state index is 12.9. The van der Waals surface area contributed by atoms with Crippen molar-refractivity contribution in [3.8, 4) is 0 Å². The van der Waals surface area contributed by atoms with Crippen LogP contribution in [-0.2, 0) is 28.6 Å². The van der Waals surface area contributed by atoms with Crippen LogP contribution in [0.25, 0.3) is 0 Å². The number of carbonyl (C=O) groups excluding carboxylic acids is 3. The molecule has 0 spiro atoms. The van der Waals surface area contributed by atoms with Gasteiger partial charge in [0.15, 0.2) is 6.10 Å². The molecule has 0 N–H and O–H groups in total. The Morgan fingerprint density at radius 1 is 0.266 bits per heavy atom. The summed E-state index contributed by atoms with van der Waals surface area (Å²) in [6.45, 7) is 6.56. The zero-order valence-electron chi connectivity index (χ0n) is 52.6. The lowest BCUT2D eigenvalue weighted by Crippen LogP contribution is -2.30. The maximum absolute atomic E-state index is 12.9. The minimum Gasteiger partial charge on any atom is -0.462 e. The number of carbonyl (C=O) groups is 3. The monoisotopic (exact) mass is 1100 g/mol. The van der Waals surface area contributed by atoms with Crippen LogP contribution in [0.5, 0.6) is 0 Å². The summed E-state index contributed by atoms with van der Waals surface area (Å²) in [5.41, 5.74) is 0. The minimum atomic E-state index is -0.776. The largest absolute Gasteiger partial charge is 0.462 e. The van der Waals surface area contributed by atoms with Gasteiger partial charge in [0.25, 0.3) is 0 Å². The quantitative estimate of drug-likeness (QED) is 0.0261. The van der Waals surface area contributed by atoms with Crippen molar-refractivity contribution in [1.29, 1.82) is 0 Å². The van der Waals surface area contributed by atoms with Crippen LogP contribution in [0.3, 0.4) is 0 Å². The third-order valence-corrected chi connectivity index (χ3v) is 15.2. The van der Waals surface area contributed by atoms with Gasteiger partial charge in [0.2, 0.25) is 0 Å². The van der Waals surface area contributed by atoms with Gasteiger partial charge in [-0.15, -0.1) is 0 Å². The molecule has 0 radical (unpaired) electrons. The summed E-state index contributed by atoms with van der Waals surface area (Å²) in [7, 11) is 0. The molecule has 0 aliphatic carbocycles. The van der Waals surface area contributed by atoms with Crippen molar-refractivity contribution in [2.75, 3.05) is 13.2 Å². The Balaban J connectivity index is 4.19. The second-order valence-corrected chi connectivity index (χ2v) is 23.1. The van der Waals surface area contributed by atoms with Crippen molar-refractivity contribution in [3.63, 3.8) is 0 Å². The summed E-state index contributed by atoms with van der Waals surface area (Å²) >= 11 is 0. The molecule has 0 bridgehead atoms. The van der Waals surface area contributed by atoms with E-state index in [0.29, 0.717) is 19.3 Å². The smallest absolute Gasteiger partial charge is 0.306 e. The molecular weight excluding hydrogens is 973 g/mol. The molecule has 0 rings (SSSR count). The Bertz CT molecular complexity index is 1450. The minimum absolute atomic E-state index is 0.0729. The second-order valence-electron chi connectivity index (χ2n) is 23.1. The summed E-state index contributed by atoms with van der Waals surface area (Å²) in [6, 6.07) is 0. The van der Waals surface area contributed by atoms with Crippen LogP contribution in [0.15, 0.2) is 72.9 Å². The highest BCUT2D eigenvalue weighted by atomic mass is 16.6. The zero-order chi connectivity index (χ0) is 57.1. The first-order valence-electron chi connectivity index (χ1n) is 34.4. The van der Waals surface area contributed by atoms with E-state index >= 15 is 0 Å². The van der Waals surface area contributed by atoms with Crippen molar-refractivity contribution in [2.45, 2.75) is 361 Å². The van der Waals surface area contributed by atoms with Gasteiger partial charge in [0.05, 0.1) is 0 Å². The SMILES string of the molecule is CC/C=C\C/C=C\C/C=C\C/C=C\C/C=C\CCCCCCCCCCCCCCCCCC(=O)OCC(COC(=O)CCCCCCC/C=C\CCCCCC)OC(=O)CCCCCCCCCCCCCCCCCCC. The highest BCUT2D eigenvalue weighted by molar-refractivity contribution is 5.71. The van der Waals surface area contributed by atoms with E-state index in [9.17, 15) is 14.4 Å². The van der Waals surface area contributed by atoms with E-state index in [1.54, 1.807) is 0 Å². The standard InChI is InChI=1S/C73H130O6/c1-4-7-10-13-16-19-22-25-27-29-30-31-32-33-34-35-36-37-38-39-40-41-42-44-45-48-51-54-57-60-63-66-72(75)78-69-70(68-77-71(74)65-62-59-56-53-50-47-24-21-18-15-12-9-6-3)79-73(76)67-64-61-58-55-52-49-46-43-28-26-23-20-17-14-11-8-5-2/h7,10,16,19,21,24-25,27,30-31,33-34,70H,4-6,8-9,11-15,17-18,20,22-23,26,28-29,32,35-69H2,1-3H3/b10-7-,19-16-,24-21-,27-25-,31-30-,34-33-. The number of hydrogen-bond donors (Lipinski definition) is 0. The summed E-state index contributed by atoms with van der Waals surface area (Å²) in [6.07, 6.45) is 87.8. The van der Waals surface area contributed by atoms with Crippen LogP contribution in [0.2, 0.25) is 0 Å². The van der Waals surface area contributed by atoms with Crippen LogP contribution < -0.4 is 0 Å². The Labute approximate surface area is 491 Å². The van der Waals surface area contributed by atoms with Crippen molar-refractivity contribution < 1.29 is 28.6 Å². The second kappa shape index (κ2) is 67.4. The summed E-state index contributed by atoms with van der Waals surface area (Å²) < 4.78 is 17.0. The van der Waals surface area contributed by atoms with Crippen LogP contribution in [0, 0.1) is 0 Å². The molecule has 1 unspecified atom stereocenters. The van der Waals surface area contributed by atoms with E-state index in [-0.39, 0.29) is 31.1 Å². The van der Waals surface area contributed by atoms with Gasteiger partial charge in [-0.3, -0.25) is 14.4 Å². The molecular formula is C73H130O6. The first kappa shape index (κ1) is 75.8. The topological polar surface area (TPSA) is 78.9 Å².